The number of hydrogen-bond donors (Lipinski definition) is 0. The molecule has 0 bridgehead atoms. The Labute approximate surface area is 84.4 Å². The monoisotopic (exact) mass is 186 g/mol. The van der Waals surface area contributed by atoms with Crippen molar-refractivity contribution in [3.8, 4) is 11.3 Å². The van der Waals surface area contributed by atoms with Crippen molar-refractivity contribution in [2.75, 3.05) is 0 Å². The highest BCUT2D eigenvalue weighted by Gasteiger charge is 2.01. The fourth-order valence-corrected chi connectivity index (χ4v) is 1.49. The quantitative estimate of drug-likeness (QED) is 0.695. The van der Waals surface area contributed by atoms with Crippen molar-refractivity contribution in [1.29, 1.82) is 0 Å². The summed E-state index contributed by atoms with van der Waals surface area (Å²) in [4.78, 5) is 0. The molecule has 0 radical (unpaired) electrons. The van der Waals surface area contributed by atoms with Gasteiger partial charge in [-0.15, -0.1) is 0 Å². The van der Waals surface area contributed by atoms with Crippen LogP contribution >= 0.6 is 0 Å². The van der Waals surface area contributed by atoms with E-state index in [1.54, 1.807) is 0 Å². The molecule has 0 aliphatic rings. The molecule has 2 rings (SSSR count). The lowest BCUT2D eigenvalue weighted by atomic mass is 10.1. The molecule has 0 fully saturated rings. The minimum atomic E-state index is 0.949. The van der Waals surface area contributed by atoms with Gasteiger partial charge in [0.15, 0.2) is 0 Å². The second-order valence-corrected chi connectivity index (χ2v) is 3.46. The average Bonchev–Trinajstić information content (AvgIpc) is 2.65. The summed E-state index contributed by atoms with van der Waals surface area (Å²) in [5.41, 5.74) is 2.51. The smallest absolute Gasteiger partial charge is 0.134 e. The normalized spacial score (nSPS) is 10.4. The highest BCUT2D eigenvalue weighted by Crippen LogP contribution is 2.22. The standard InChI is InChI=1S/C13H14O/c1-3-11-5-7-12(8-6-11)13-9-4-10(2)14-13/h4-9H,3H2,1-2H3. The maximum absolute atomic E-state index is 5.54. The van der Waals surface area contributed by atoms with Gasteiger partial charge in [-0.2, -0.15) is 0 Å². The molecule has 2 aromatic rings. The lowest BCUT2D eigenvalue weighted by Gasteiger charge is -1.99. The van der Waals surface area contributed by atoms with Crippen LogP contribution in [0.2, 0.25) is 0 Å². The minimum Gasteiger partial charge on any atom is -0.461 e. The highest BCUT2D eigenvalue weighted by atomic mass is 16.3. The topological polar surface area (TPSA) is 13.1 Å². The van der Waals surface area contributed by atoms with Gasteiger partial charge in [0.2, 0.25) is 0 Å². The summed E-state index contributed by atoms with van der Waals surface area (Å²) >= 11 is 0. The van der Waals surface area contributed by atoms with Crippen molar-refractivity contribution in [3.05, 3.63) is 47.7 Å². The molecule has 0 amide bonds. The first-order valence-corrected chi connectivity index (χ1v) is 4.95. The van der Waals surface area contributed by atoms with E-state index in [0.717, 1.165) is 23.5 Å². The minimum absolute atomic E-state index is 0.949. The fraction of sp³-hybridized carbons (Fsp3) is 0.231. The third-order valence-corrected chi connectivity index (χ3v) is 2.39. The van der Waals surface area contributed by atoms with E-state index in [1.165, 1.54) is 5.56 Å². The first-order chi connectivity index (χ1) is 6.79. The van der Waals surface area contributed by atoms with Crippen molar-refractivity contribution < 1.29 is 4.42 Å². The molecule has 0 saturated carbocycles. The predicted molar refractivity (Wildman–Crippen MR) is 58.3 cm³/mol. The first-order valence-electron chi connectivity index (χ1n) is 4.95. The highest BCUT2D eigenvalue weighted by molar-refractivity contribution is 5.57. The maximum atomic E-state index is 5.54. The van der Waals surface area contributed by atoms with Gasteiger partial charge in [0, 0.05) is 5.56 Å². The van der Waals surface area contributed by atoms with E-state index in [4.69, 9.17) is 4.42 Å². The van der Waals surface area contributed by atoms with E-state index < -0.39 is 0 Å². The molecule has 1 heteroatoms. The summed E-state index contributed by atoms with van der Waals surface area (Å²) in [7, 11) is 0. The molecule has 0 aliphatic heterocycles. The summed E-state index contributed by atoms with van der Waals surface area (Å²) in [6.07, 6.45) is 1.08. The number of furan rings is 1. The molecule has 14 heavy (non-hydrogen) atoms. The zero-order chi connectivity index (χ0) is 9.97. The summed E-state index contributed by atoms with van der Waals surface area (Å²) in [5, 5.41) is 0. The Bertz CT molecular complexity index is 409. The number of rotatable bonds is 2. The number of benzene rings is 1. The fourth-order valence-electron chi connectivity index (χ4n) is 1.49. The van der Waals surface area contributed by atoms with Crippen molar-refractivity contribution in [3.63, 3.8) is 0 Å². The second kappa shape index (κ2) is 3.70. The third kappa shape index (κ3) is 1.72. The van der Waals surface area contributed by atoms with Gasteiger partial charge in [0.05, 0.1) is 0 Å². The van der Waals surface area contributed by atoms with E-state index in [0.29, 0.717) is 0 Å². The van der Waals surface area contributed by atoms with Crippen LogP contribution in [-0.4, -0.2) is 0 Å². The van der Waals surface area contributed by atoms with Gasteiger partial charge in [0.25, 0.3) is 0 Å². The molecule has 72 valence electrons. The molecular formula is C13H14O. The molecule has 1 heterocycles. The summed E-state index contributed by atoms with van der Waals surface area (Å²) in [6, 6.07) is 12.5. The van der Waals surface area contributed by atoms with Crippen molar-refractivity contribution in [2.45, 2.75) is 20.3 Å². The molecule has 0 unspecified atom stereocenters. The first kappa shape index (κ1) is 9.07. The lowest BCUT2D eigenvalue weighted by molar-refractivity contribution is 0.548. The predicted octanol–water partition coefficient (Wildman–Crippen LogP) is 3.82. The Morgan fingerprint density at radius 3 is 2.21 bits per heavy atom. The van der Waals surface area contributed by atoms with E-state index in [9.17, 15) is 0 Å². The zero-order valence-corrected chi connectivity index (χ0v) is 8.58. The number of hydrogen-bond acceptors (Lipinski definition) is 1. The molecule has 1 aromatic carbocycles. The van der Waals surface area contributed by atoms with Crippen molar-refractivity contribution >= 4 is 0 Å². The molecule has 0 atom stereocenters. The molecule has 0 saturated heterocycles. The maximum Gasteiger partial charge on any atom is 0.134 e. The Morgan fingerprint density at radius 1 is 1.00 bits per heavy atom. The van der Waals surface area contributed by atoms with Gasteiger partial charge >= 0.3 is 0 Å². The van der Waals surface area contributed by atoms with Crippen LogP contribution in [0.3, 0.4) is 0 Å². The Morgan fingerprint density at radius 2 is 1.71 bits per heavy atom. The summed E-state index contributed by atoms with van der Waals surface area (Å²) < 4.78 is 5.54. The molecule has 0 N–H and O–H groups in total. The van der Waals surface area contributed by atoms with Crippen LogP contribution in [0.4, 0.5) is 0 Å². The van der Waals surface area contributed by atoms with Gasteiger partial charge in [0.1, 0.15) is 11.5 Å². The van der Waals surface area contributed by atoms with E-state index in [-0.39, 0.29) is 0 Å². The lowest BCUT2D eigenvalue weighted by Crippen LogP contribution is -1.79. The molecule has 1 aromatic heterocycles. The Hall–Kier alpha value is -1.50. The van der Waals surface area contributed by atoms with Gasteiger partial charge in [-0.3, -0.25) is 0 Å². The molecular weight excluding hydrogens is 172 g/mol. The van der Waals surface area contributed by atoms with Crippen LogP contribution in [0, 0.1) is 6.92 Å². The van der Waals surface area contributed by atoms with Gasteiger partial charge in [-0.1, -0.05) is 31.2 Å². The van der Waals surface area contributed by atoms with E-state index in [1.807, 2.05) is 19.1 Å². The molecule has 0 aliphatic carbocycles. The van der Waals surface area contributed by atoms with E-state index in [2.05, 4.69) is 31.2 Å². The molecule has 0 spiro atoms. The van der Waals surface area contributed by atoms with Crippen LogP contribution in [-0.2, 0) is 6.42 Å². The van der Waals surface area contributed by atoms with Crippen LogP contribution < -0.4 is 0 Å². The van der Waals surface area contributed by atoms with Crippen LogP contribution in [0.25, 0.3) is 11.3 Å². The summed E-state index contributed by atoms with van der Waals surface area (Å²) in [5.74, 6) is 1.91. The van der Waals surface area contributed by atoms with E-state index >= 15 is 0 Å². The zero-order valence-electron chi connectivity index (χ0n) is 8.58. The SMILES string of the molecule is CCc1ccc(-c2ccc(C)o2)cc1. The van der Waals surface area contributed by atoms with Crippen LogP contribution in [0.1, 0.15) is 18.2 Å². The van der Waals surface area contributed by atoms with Gasteiger partial charge < -0.3 is 4.42 Å². The number of aryl methyl sites for hydroxylation is 2. The van der Waals surface area contributed by atoms with Gasteiger partial charge in [-0.25, -0.2) is 0 Å². The van der Waals surface area contributed by atoms with Crippen molar-refractivity contribution in [1.82, 2.24) is 0 Å². The van der Waals surface area contributed by atoms with Gasteiger partial charge in [-0.05, 0) is 31.0 Å². The van der Waals surface area contributed by atoms with Crippen molar-refractivity contribution in [2.24, 2.45) is 0 Å². The molecule has 1 nitrogen and oxygen atoms in total. The van der Waals surface area contributed by atoms with Crippen LogP contribution in [0.5, 0.6) is 0 Å². The largest absolute Gasteiger partial charge is 0.461 e. The summed E-state index contributed by atoms with van der Waals surface area (Å²) in [6.45, 7) is 4.12. The average molecular weight is 186 g/mol. The van der Waals surface area contributed by atoms with Crippen LogP contribution in [0.15, 0.2) is 40.8 Å². The Balaban J connectivity index is 2.33. The Kier molecular flexibility index (Phi) is 2.40. The second-order valence-electron chi connectivity index (χ2n) is 3.46. The third-order valence-electron chi connectivity index (χ3n) is 2.39.